The summed E-state index contributed by atoms with van der Waals surface area (Å²) in [6.45, 7) is 5.59. The van der Waals surface area contributed by atoms with Crippen molar-refractivity contribution in [1.29, 1.82) is 0 Å². The summed E-state index contributed by atoms with van der Waals surface area (Å²) in [6.07, 6.45) is 6.18. The summed E-state index contributed by atoms with van der Waals surface area (Å²) in [5.74, 6) is 1.37. The lowest BCUT2D eigenvalue weighted by atomic mass is 10.3. The van der Waals surface area contributed by atoms with Gasteiger partial charge in [0.2, 0.25) is 5.88 Å². The van der Waals surface area contributed by atoms with E-state index in [1.807, 2.05) is 23.0 Å². The zero-order valence-electron chi connectivity index (χ0n) is 11.3. The lowest BCUT2D eigenvalue weighted by Crippen LogP contribution is -2.22. The largest absolute Gasteiger partial charge is 0.478 e. The molecule has 6 heteroatoms. The SMILES string of the molecule is CCCOc1cc(NC(C)Cn2cccn2)ncn1. The summed E-state index contributed by atoms with van der Waals surface area (Å²) < 4.78 is 7.36. The maximum Gasteiger partial charge on any atom is 0.218 e. The molecule has 19 heavy (non-hydrogen) atoms. The second-order valence-corrected chi connectivity index (χ2v) is 4.36. The van der Waals surface area contributed by atoms with Gasteiger partial charge in [-0.15, -0.1) is 0 Å². The zero-order valence-corrected chi connectivity index (χ0v) is 11.3. The number of nitrogens with zero attached hydrogens (tertiary/aromatic N) is 4. The smallest absolute Gasteiger partial charge is 0.218 e. The Hall–Kier alpha value is -2.11. The van der Waals surface area contributed by atoms with Gasteiger partial charge in [0.15, 0.2) is 0 Å². The van der Waals surface area contributed by atoms with E-state index in [0.29, 0.717) is 12.5 Å². The van der Waals surface area contributed by atoms with Crippen molar-refractivity contribution in [2.24, 2.45) is 0 Å². The summed E-state index contributed by atoms with van der Waals surface area (Å²) in [4.78, 5) is 8.25. The summed E-state index contributed by atoms with van der Waals surface area (Å²) in [5, 5.41) is 7.48. The Bertz CT molecular complexity index is 486. The first-order valence-electron chi connectivity index (χ1n) is 6.46. The number of nitrogens with one attached hydrogen (secondary N) is 1. The second kappa shape index (κ2) is 6.72. The fourth-order valence-electron chi connectivity index (χ4n) is 1.69. The molecule has 6 nitrogen and oxygen atoms in total. The summed E-state index contributed by atoms with van der Waals surface area (Å²) in [5.41, 5.74) is 0. The van der Waals surface area contributed by atoms with Crippen molar-refractivity contribution < 1.29 is 4.74 Å². The van der Waals surface area contributed by atoms with Gasteiger partial charge in [-0.05, 0) is 19.4 Å². The molecule has 2 rings (SSSR count). The van der Waals surface area contributed by atoms with Crippen molar-refractivity contribution in [2.75, 3.05) is 11.9 Å². The maximum atomic E-state index is 5.47. The van der Waals surface area contributed by atoms with Gasteiger partial charge in [0, 0.05) is 24.5 Å². The highest BCUT2D eigenvalue weighted by Crippen LogP contribution is 2.12. The molecule has 0 aliphatic heterocycles. The number of hydrogen-bond donors (Lipinski definition) is 1. The third-order valence-electron chi connectivity index (χ3n) is 2.51. The molecule has 0 aliphatic rings. The molecule has 1 atom stereocenters. The number of rotatable bonds is 7. The van der Waals surface area contributed by atoms with E-state index >= 15 is 0 Å². The van der Waals surface area contributed by atoms with E-state index in [1.165, 1.54) is 6.33 Å². The van der Waals surface area contributed by atoms with Crippen LogP contribution in [0, 0.1) is 0 Å². The molecule has 2 aromatic heterocycles. The molecule has 2 aromatic rings. The minimum absolute atomic E-state index is 0.217. The topological polar surface area (TPSA) is 64.9 Å². The maximum absolute atomic E-state index is 5.47. The Labute approximate surface area is 112 Å². The lowest BCUT2D eigenvalue weighted by Gasteiger charge is -2.14. The summed E-state index contributed by atoms with van der Waals surface area (Å²) in [7, 11) is 0. The quantitative estimate of drug-likeness (QED) is 0.825. The first-order chi connectivity index (χ1) is 9.28. The third-order valence-corrected chi connectivity index (χ3v) is 2.51. The van der Waals surface area contributed by atoms with Crippen LogP contribution < -0.4 is 10.1 Å². The molecule has 0 amide bonds. The van der Waals surface area contributed by atoms with Crippen molar-refractivity contribution >= 4 is 5.82 Å². The molecular formula is C13H19N5O. The highest BCUT2D eigenvalue weighted by atomic mass is 16.5. The fourth-order valence-corrected chi connectivity index (χ4v) is 1.69. The first kappa shape index (κ1) is 13.3. The van der Waals surface area contributed by atoms with Gasteiger partial charge in [0.25, 0.3) is 0 Å². The predicted octanol–water partition coefficient (Wildman–Crippen LogP) is 1.96. The van der Waals surface area contributed by atoms with E-state index in [1.54, 1.807) is 6.20 Å². The van der Waals surface area contributed by atoms with Gasteiger partial charge in [-0.25, -0.2) is 9.97 Å². The van der Waals surface area contributed by atoms with E-state index in [-0.39, 0.29) is 6.04 Å². The van der Waals surface area contributed by atoms with Gasteiger partial charge in [-0.3, -0.25) is 4.68 Å². The van der Waals surface area contributed by atoms with Crippen LogP contribution in [0.15, 0.2) is 30.9 Å². The molecule has 2 heterocycles. The van der Waals surface area contributed by atoms with Gasteiger partial charge in [0.05, 0.1) is 13.2 Å². The van der Waals surface area contributed by atoms with Crippen LogP contribution in [0.3, 0.4) is 0 Å². The Kier molecular flexibility index (Phi) is 4.72. The Balaban J connectivity index is 1.90. The van der Waals surface area contributed by atoms with Crippen LogP contribution in [-0.2, 0) is 6.54 Å². The van der Waals surface area contributed by atoms with Gasteiger partial charge >= 0.3 is 0 Å². The predicted molar refractivity (Wildman–Crippen MR) is 73.1 cm³/mol. The molecule has 102 valence electrons. The van der Waals surface area contributed by atoms with Crippen molar-refractivity contribution in [2.45, 2.75) is 32.9 Å². The molecule has 0 radical (unpaired) electrons. The van der Waals surface area contributed by atoms with Gasteiger partial charge in [-0.1, -0.05) is 6.92 Å². The number of aromatic nitrogens is 4. The van der Waals surface area contributed by atoms with Crippen LogP contribution in [0.1, 0.15) is 20.3 Å². The second-order valence-electron chi connectivity index (χ2n) is 4.36. The molecular weight excluding hydrogens is 242 g/mol. The molecule has 1 unspecified atom stereocenters. The van der Waals surface area contributed by atoms with Crippen LogP contribution in [0.25, 0.3) is 0 Å². The Morgan fingerprint density at radius 1 is 1.42 bits per heavy atom. The molecule has 0 saturated heterocycles. The van der Waals surface area contributed by atoms with E-state index in [0.717, 1.165) is 18.8 Å². The zero-order chi connectivity index (χ0) is 13.5. The minimum atomic E-state index is 0.217. The molecule has 0 spiro atoms. The van der Waals surface area contributed by atoms with E-state index in [2.05, 4.69) is 34.2 Å². The standard InChI is InChI=1S/C13H19N5O/c1-3-7-19-13-8-12(14-10-15-13)17-11(2)9-18-6-4-5-16-18/h4-6,8,10-11H,3,7,9H2,1-2H3,(H,14,15,17). The van der Waals surface area contributed by atoms with Crippen LogP contribution in [-0.4, -0.2) is 32.4 Å². The highest BCUT2D eigenvalue weighted by Gasteiger charge is 2.05. The van der Waals surface area contributed by atoms with Crippen LogP contribution in [0.5, 0.6) is 5.88 Å². The van der Waals surface area contributed by atoms with Crippen molar-refractivity contribution in [1.82, 2.24) is 19.7 Å². The van der Waals surface area contributed by atoms with Crippen LogP contribution in [0.4, 0.5) is 5.82 Å². The Morgan fingerprint density at radius 2 is 2.32 bits per heavy atom. The van der Waals surface area contributed by atoms with Gasteiger partial charge in [0.1, 0.15) is 12.1 Å². The summed E-state index contributed by atoms with van der Waals surface area (Å²) >= 11 is 0. The molecule has 0 aromatic carbocycles. The van der Waals surface area contributed by atoms with Gasteiger partial charge in [-0.2, -0.15) is 5.10 Å². The van der Waals surface area contributed by atoms with E-state index in [4.69, 9.17) is 4.74 Å². The van der Waals surface area contributed by atoms with Crippen molar-refractivity contribution in [3.8, 4) is 5.88 Å². The Morgan fingerprint density at radius 3 is 3.05 bits per heavy atom. The molecule has 0 saturated carbocycles. The highest BCUT2D eigenvalue weighted by molar-refractivity contribution is 5.37. The summed E-state index contributed by atoms with van der Waals surface area (Å²) in [6, 6.07) is 3.94. The average Bonchev–Trinajstić information content (AvgIpc) is 2.89. The van der Waals surface area contributed by atoms with Crippen molar-refractivity contribution in [3.05, 3.63) is 30.9 Å². The average molecular weight is 261 g/mol. The number of anilines is 1. The first-order valence-corrected chi connectivity index (χ1v) is 6.46. The molecule has 0 fully saturated rings. The van der Waals surface area contributed by atoms with E-state index < -0.39 is 0 Å². The minimum Gasteiger partial charge on any atom is -0.478 e. The molecule has 1 N–H and O–H groups in total. The molecule has 0 bridgehead atoms. The molecule has 0 aliphatic carbocycles. The third kappa shape index (κ3) is 4.24. The monoisotopic (exact) mass is 261 g/mol. The van der Waals surface area contributed by atoms with Crippen molar-refractivity contribution in [3.63, 3.8) is 0 Å². The normalized spacial score (nSPS) is 12.1. The van der Waals surface area contributed by atoms with Gasteiger partial charge < -0.3 is 10.1 Å². The van der Waals surface area contributed by atoms with Crippen LogP contribution >= 0.6 is 0 Å². The van der Waals surface area contributed by atoms with Crippen LogP contribution in [0.2, 0.25) is 0 Å². The fraction of sp³-hybridized carbons (Fsp3) is 0.462. The number of ether oxygens (including phenoxy) is 1. The van der Waals surface area contributed by atoms with E-state index in [9.17, 15) is 0 Å². The number of hydrogen-bond acceptors (Lipinski definition) is 5. The lowest BCUT2D eigenvalue weighted by molar-refractivity contribution is 0.305.